The molecule has 7 fully saturated rings. The number of aromatic nitrogens is 3. The van der Waals surface area contributed by atoms with E-state index in [1.807, 2.05) is 5.30 Å². The summed E-state index contributed by atoms with van der Waals surface area (Å²) in [5.41, 5.74) is 27.5. The number of rotatable bonds is 6. The fourth-order valence-corrected chi connectivity index (χ4v) is 46.7. The molecule has 10 aliphatic rings. The van der Waals surface area contributed by atoms with Crippen molar-refractivity contribution in [3.05, 3.63) is 284 Å². The van der Waals surface area contributed by atoms with Crippen LogP contribution in [0.5, 0.6) is 0 Å². The average Bonchev–Trinajstić information content (AvgIpc) is 1.33. The number of para-hydroxylation sites is 7. The summed E-state index contributed by atoms with van der Waals surface area (Å²) in [5.74, 6) is 0. The molecule has 91 heavy (non-hydrogen) atoms. The van der Waals surface area contributed by atoms with Crippen molar-refractivity contribution in [2.24, 2.45) is 0 Å². The van der Waals surface area contributed by atoms with Crippen molar-refractivity contribution in [2.45, 2.75) is 13.8 Å². The monoisotopic (exact) mass is 1180 g/mol. The third-order valence-electron chi connectivity index (χ3n) is 25.9. The molecule has 0 unspecified atom stereocenters. The van der Waals surface area contributed by atoms with Crippen LogP contribution in [0.3, 0.4) is 0 Å². The minimum absolute atomic E-state index is 0.267. The zero-order chi connectivity index (χ0) is 59.5. The van der Waals surface area contributed by atoms with Gasteiger partial charge in [-0.1, -0.05) is 175 Å². The summed E-state index contributed by atoms with van der Waals surface area (Å²) >= 11 is 0. The first-order chi connectivity index (χ1) is 44.9. The van der Waals surface area contributed by atoms with Crippen LogP contribution in [0.15, 0.2) is 273 Å². The molecule has 0 saturated carbocycles. The summed E-state index contributed by atoms with van der Waals surface area (Å²) in [4.78, 5) is 4.88. The topological polar surface area (TPSA) is 26.8 Å². The second-order valence-corrected chi connectivity index (χ2v) is 41.4. The van der Waals surface area contributed by atoms with Gasteiger partial charge in [0.05, 0.1) is 11.0 Å². The van der Waals surface area contributed by atoms with E-state index in [0.29, 0.717) is 20.7 Å². The van der Waals surface area contributed by atoms with Crippen LogP contribution in [0.1, 0.15) is 11.1 Å². The van der Waals surface area contributed by atoms with E-state index in [9.17, 15) is 0 Å². The summed E-state index contributed by atoms with van der Waals surface area (Å²) < 4.78 is 7.62. The van der Waals surface area contributed by atoms with Crippen LogP contribution in [-0.4, -0.2) is 85.7 Å². The van der Waals surface area contributed by atoms with Gasteiger partial charge in [-0.25, -0.2) is 0 Å². The average molecular weight is 1180 g/mol. The van der Waals surface area contributed by atoms with E-state index in [4.69, 9.17) is 4.86 Å². The number of fused-ring (bicyclic) bond motifs is 16. The number of nitrogens with zero attached hydrogens (tertiary/aromatic N) is 3. The van der Waals surface area contributed by atoms with Crippen molar-refractivity contribution < 1.29 is 0 Å². The molecule has 17 heteroatoms. The normalized spacial score (nSPS) is 18.4. The van der Waals surface area contributed by atoms with E-state index in [1.54, 1.807) is 5.39 Å². The van der Waals surface area contributed by atoms with Crippen LogP contribution in [0.4, 0.5) is 0 Å². The maximum atomic E-state index is 4.88. The fraction of sp³-hybridized carbons (Fsp3) is 0.0270. The third kappa shape index (κ3) is 6.16. The van der Waals surface area contributed by atoms with Crippen molar-refractivity contribution in [2.75, 3.05) is 0 Å². The number of aryl methyl sites for hydroxylation is 2. The van der Waals surface area contributed by atoms with Gasteiger partial charge >= 0.3 is 221 Å². The number of hydrogen-bond donors (Lipinski definition) is 1. The van der Waals surface area contributed by atoms with E-state index >= 15 is 0 Å². The molecule has 7 saturated heterocycles. The van der Waals surface area contributed by atoms with Gasteiger partial charge in [0.15, 0.2) is 0 Å². The van der Waals surface area contributed by atoms with Crippen molar-refractivity contribution in [1.29, 1.82) is 0 Å². The number of hydrogen-bond acceptors (Lipinski definition) is 1. The van der Waals surface area contributed by atoms with Gasteiger partial charge < -0.3 is 9.13 Å². The van der Waals surface area contributed by atoms with E-state index in [0.717, 1.165) is 24.9 Å². The van der Waals surface area contributed by atoms with Gasteiger partial charge in [0, 0.05) is 44.0 Å². The Labute approximate surface area is 534 Å². The van der Waals surface area contributed by atoms with E-state index in [1.165, 1.54) is 144 Å². The van der Waals surface area contributed by atoms with Crippen LogP contribution in [0, 0.1) is 13.8 Å². The van der Waals surface area contributed by atoms with Crippen molar-refractivity contribution in [3.8, 4) is 17.1 Å². The first-order valence-corrected chi connectivity index (χ1v) is 39.1. The first kappa shape index (κ1) is 51.2. The first-order valence-electron chi connectivity index (χ1n) is 33.8. The molecule has 2 bridgehead atoms. The molecular formula is C74H56B11N4P2-2. The second kappa shape index (κ2) is 17.4. The summed E-state index contributed by atoms with van der Waals surface area (Å²) in [6.07, 6.45) is 2.63. The van der Waals surface area contributed by atoms with Crippen molar-refractivity contribution in [1.82, 2.24) is 18.6 Å². The molecule has 0 aliphatic carbocycles. The molecule has 13 heterocycles. The fourth-order valence-electron chi connectivity index (χ4n) is 21.5. The van der Waals surface area contributed by atoms with Crippen LogP contribution < -0.4 is 59.3 Å². The molecule has 15 aromatic rings. The zero-order valence-electron chi connectivity index (χ0n) is 51.4. The Bertz CT molecular complexity index is 5760. The zero-order valence-corrected chi connectivity index (χ0v) is 53.2. The standard InChI is InChI=1S/2C25H18BN.C24H20B9N2P2/c1-17-9-7-12-19-20-13-8-15-22-25(20)27(24(17)19)23-16-6-5-14-21(23)26(22)18-10-3-2-4-11-18;1-17-14-15-19-20-10-7-12-22-25(20)27(24(19)16-17)23-13-6-5-11-21(23)26(22)18-8-3-2-4-9-18;1-2-8-16(9-3-1)28-18-11-5-7-13-21(18)35-20-12-6-4-10-17(20)23-22(15-14-19(28)24(23)35)36(29-25-30(36)33(29)36)34-37-26-31(37)32(37)27-37/h2*2-16H,1H3;1-15,34H,25-26H2/q;;-2. The number of nitrogens with one attached hydrogen (secondary N) is 1. The quantitative estimate of drug-likeness (QED) is 0.134. The SMILES string of the molecule is Cc1ccc2c3cccc4c3n(c2c1)-c1ccccc1B4c1ccccc1.Cc1cccc2c3cccc4c3n(c12)-c1ccccc1B4c1ccccc1.[B]1B2B3[BH2-]P123NP12(c3ccc4c5c3c3ccccc3n5-c3ccccc3B4c3ccccc3)B3[BH2-]B1B32. The maximum absolute atomic E-state index is 4.88. The molecule has 0 atom stereocenters. The van der Waals surface area contributed by atoms with Gasteiger partial charge in [-0.3, -0.25) is 0 Å². The van der Waals surface area contributed by atoms with Gasteiger partial charge in [-0.05, 0) is 65.0 Å². The molecule has 0 amide bonds. The van der Waals surface area contributed by atoms with Gasteiger partial charge in [0.1, 0.15) is 0 Å². The van der Waals surface area contributed by atoms with Crippen molar-refractivity contribution >= 4 is 205 Å². The Hall–Kier alpha value is -8.43. The molecule has 1 spiro atoms. The van der Waals surface area contributed by atoms with Gasteiger partial charge in [-0.15, -0.1) is 0 Å². The predicted octanol–water partition coefficient (Wildman–Crippen LogP) is 7.74. The molecule has 417 valence electrons. The summed E-state index contributed by atoms with van der Waals surface area (Å²) in [6.45, 7) is 8.48. The van der Waals surface area contributed by atoms with Crippen LogP contribution >= 0.6 is 12.7 Å². The molecule has 10 aliphatic heterocycles. The van der Waals surface area contributed by atoms with Crippen molar-refractivity contribution in [3.63, 3.8) is 0 Å². The molecule has 1 N–H and O–H groups in total. The molecule has 3 aromatic heterocycles. The van der Waals surface area contributed by atoms with Crippen LogP contribution in [-0.2, 0) is 0 Å². The molecule has 4 nitrogen and oxygen atoms in total. The Balaban J connectivity index is 0.0000000920. The van der Waals surface area contributed by atoms with E-state index in [-0.39, 0.29) is 13.4 Å². The molecule has 25 rings (SSSR count). The molecular weight excluding hydrogens is 1130 g/mol. The second-order valence-electron chi connectivity index (χ2n) is 29.3. The minimum atomic E-state index is -1.86. The van der Waals surface area contributed by atoms with Crippen LogP contribution in [0.2, 0.25) is 0 Å². The van der Waals surface area contributed by atoms with Crippen LogP contribution in [0.25, 0.3) is 82.5 Å². The third-order valence-corrected chi connectivity index (χ3v) is 43.8. The molecule has 1 radical (unpaired) electrons. The summed E-state index contributed by atoms with van der Waals surface area (Å²) in [7, 11) is 0.309. The Morgan fingerprint density at radius 3 is 1.36 bits per heavy atom. The summed E-state index contributed by atoms with van der Waals surface area (Å²) in [6, 6.07) is 102. The number of benzene rings is 12. The Kier molecular flexibility index (Phi) is 9.78. The Morgan fingerprint density at radius 2 is 0.824 bits per heavy atom. The van der Waals surface area contributed by atoms with Gasteiger partial charge in [0.2, 0.25) is 13.4 Å². The predicted molar refractivity (Wildman–Crippen MR) is 413 cm³/mol. The summed E-state index contributed by atoms with van der Waals surface area (Å²) in [5, 5.41) is 10.4. The Morgan fingerprint density at radius 1 is 0.374 bits per heavy atom. The van der Waals surface area contributed by atoms with E-state index < -0.39 is 12.7 Å². The van der Waals surface area contributed by atoms with Gasteiger partial charge in [-0.2, -0.15) is 0 Å². The molecule has 12 aromatic carbocycles. The van der Waals surface area contributed by atoms with Gasteiger partial charge in [0.25, 0.3) is 0 Å². The van der Waals surface area contributed by atoms with E-state index in [2.05, 4.69) is 307 Å².